The summed E-state index contributed by atoms with van der Waals surface area (Å²) in [6.07, 6.45) is 5.07. The second-order valence-electron chi connectivity index (χ2n) is 3.30. The highest BCUT2D eigenvalue weighted by atomic mass is 32.2. The van der Waals surface area contributed by atoms with E-state index in [9.17, 15) is 0 Å². The molecule has 0 aromatic rings. The van der Waals surface area contributed by atoms with Gasteiger partial charge in [-0.2, -0.15) is 11.8 Å². The summed E-state index contributed by atoms with van der Waals surface area (Å²) in [6.45, 7) is 11.9. The van der Waals surface area contributed by atoms with Crippen LogP contribution in [0.1, 0.15) is 19.3 Å². The van der Waals surface area contributed by atoms with Gasteiger partial charge in [-0.1, -0.05) is 30.9 Å². The second kappa shape index (κ2) is 7.74. The van der Waals surface area contributed by atoms with Gasteiger partial charge < -0.3 is 5.32 Å². The van der Waals surface area contributed by atoms with Gasteiger partial charge in [0, 0.05) is 12.7 Å². The molecule has 0 fully saturated rings. The second-order valence-corrected chi connectivity index (χ2v) is 4.29. The van der Waals surface area contributed by atoms with Crippen LogP contribution in [-0.4, -0.2) is 19.1 Å². The van der Waals surface area contributed by atoms with Crippen molar-refractivity contribution in [2.45, 2.75) is 19.3 Å². The molecule has 80 valence electrons. The van der Waals surface area contributed by atoms with E-state index in [0.717, 1.165) is 36.3 Å². The van der Waals surface area contributed by atoms with Crippen LogP contribution in [-0.2, 0) is 0 Å². The molecule has 0 saturated carbocycles. The Morgan fingerprint density at radius 2 is 1.64 bits per heavy atom. The molecule has 0 rings (SSSR count). The lowest BCUT2D eigenvalue weighted by atomic mass is 10.0. The molecule has 0 bridgehead atoms. The standard InChI is InChI=1S/C12H21NS/c1-10(6-7-12(3)13-4)11(2)8-9-14-5/h13H,1-3,6-9H2,4-5H3. The molecule has 1 nitrogen and oxygen atoms in total. The van der Waals surface area contributed by atoms with Crippen LogP contribution in [0.4, 0.5) is 0 Å². The Kier molecular flexibility index (Phi) is 7.40. The van der Waals surface area contributed by atoms with Crippen LogP contribution in [0.5, 0.6) is 0 Å². The van der Waals surface area contributed by atoms with Crippen LogP contribution in [0.3, 0.4) is 0 Å². The molecule has 0 spiro atoms. The molecule has 0 saturated heterocycles. The average Bonchev–Trinajstić information content (AvgIpc) is 2.21. The van der Waals surface area contributed by atoms with E-state index in [4.69, 9.17) is 0 Å². The first-order valence-electron chi connectivity index (χ1n) is 4.82. The van der Waals surface area contributed by atoms with Crippen molar-refractivity contribution in [3.05, 3.63) is 36.6 Å². The zero-order chi connectivity index (χ0) is 11.0. The zero-order valence-corrected chi connectivity index (χ0v) is 10.2. The van der Waals surface area contributed by atoms with Gasteiger partial charge in [-0.3, -0.25) is 0 Å². The van der Waals surface area contributed by atoms with Crippen molar-refractivity contribution in [1.82, 2.24) is 5.32 Å². The quantitative estimate of drug-likeness (QED) is 0.618. The van der Waals surface area contributed by atoms with Gasteiger partial charge in [-0.15, -0.1) is 0 Å². The Morgan fingerprint density at radius 1 is 1.07 bits per heavy atom. The Morgan fingerprint density at radius 3 is 2.14 bits per heavy atom. The van der Waals surface area contributed by atoms with Crippen molar-refractivity contribution in [3.63, 3.8) is 0 Å². The molecule has 0 unspecified atom stereocenters. The third-order valence-electron chi connectivity index (χ3n) is 2.19. The summed E-state index contributed by atoms with van der Waals surface area (Å²) in [5.41, 5.74) is 3.41. The molecule has 0 amide bonds. The third kappa shape index (κ3) is 5.92. The largest absolute Gasteiger partial charge is 0.392 e. The highest BCUT2D eigenvalue weighted by Crippen LogP contribution is 2.18. The van der Waals surface area contributed by atoms with Crippen LogP contribution < -0.4 is 5.32 Å². The van der Waals surface area contributed by atoms with Gasteiger partial charge >= 0.3 is 0 Å². The fourth-order valence-corrected chi connectivity index (χ4v) is 1.46. The van der Waals surface area contributed by atoms with Crippen molar-refractivity contribution < 1.29 is 0 Å². The van der Waals surface area contributed by atoms with Gasteiger partial charge in [-0.05, 0) is 31.3 Å². The maximum absolute atomic E-state index is 4.04. The summed E-state index contributed by atoms with van der Waals surface area (Å²) >= 11 is 1.84. The van der Waals surface area contributed by atoms with Crippen LogP contribution in [0.2, 0.25) is 0 Å². The zero-order valence-electron chi connectivity index (χ0n) is 9.36. The Balaban J connectivity index is 3.73. The number of allylic oxidation sites excluding steroid dienone is 3. The number of nitrogens with one attached hydrogen (secondary N) is 1. The molecule has 2 heteroatoms. The molecule has 0 aliphatic carbocycles. The van der Waals surface area contributed by atoms with Crippen LogP contribution in [0.15, 0.2) is 36.6 Å². The number of hydrogen-bond donors (Lipinski definition) is 1. The van der Waals surface area contributed by atoms with E-state index in [1.165, 1.54) is 5.57 Å². The molecule has 0 radical (unpaired) electrons. The summed E-state index contributed by atoms with van der Waals surface area (Å²) < 4.78 is 0. The van der Waals surface area contributed by atoms with Gasteiger partial charge in [0.1, 0.15) is 0 Å². The third-order valence-corrected chi connectivity index (χ3v) is 2.80. The van der Waals surface area contributed by atoms with E-state index in [2.05, 4.69) is 31.3 Å². The van der Waals surface area contributed by atoms with Gasteiger partial charge in [0.15, 0.2) is 0 Å². The highest BCUT2D eigenvalue weighted by molar-refractivity contribution is 7.98. The first kappa shape index (κ1) is 13.4. The van der Waals surface area contributed by atoms with E-state index in [1.54, 1.807) is 0 Å². The maximum Gasteiger partial charge on any atom is 0.00343 e. The average molecular weight is 211 g/mol. The Labute approximate surface area is 92.4 Å². The lowest BCUT2D eigenvalue weighted by molar-refractivity contribution is 0.834. The van der Waals surface area contributed by atoms with Gasteiger partial charge in [-0.25, -0.2) is 0 Å². The number of hydrogen-bond acceptors (Lipinski definition) is 2. The normalized spacial score (nSPS) is 9.57. The van der Waals surface area contributed by atoms with Crippen molar-refractivity contribution in [3.8, 4) is 0 Å². The molecule has 0 aromatic carbocycles. The van der Waals surface area contributed by atoms with Crippen molar-refractivity contribution >= 4 is 11.8 Å². The van der Waals surface area contributed by atoms with E-state index in [1.807, 2.05) is 18.8 Å². The molecular formula is C12H21NS. The van der Waals surface area contributed by atoms with Crippen LogP contribution >= 0.6 is 11.8 Å². The summed E-state index contributed by atoms with van der Waals surface area (Å²) in [6, 6.07) is 0. The smallest absolute Gasteiger partial charge is 0.00343 e. The van der Waals surface area contributed by atoms with Crippen molar-refractivity contribution in [1.29, 1.82) is 0 Å². The van der Waals surface area contributed by atoms with Gasteiger partial charge in [0.05, 0.1) is 0 Å². The highest BCUT2D eigenvalue weighted by Gasteiger charge is 2.00. The first-order valence-corrected chi connectivity index (χ1v) is 6.21. The molecule has 0 aliphatic heterocycles. The summed E-state index contributed by atoms with van der Waals surface area (Å²) in [7, 11) is 1.90. The number of rotatable bonds is 8. The molecule has 1 N–H and O–H groups in total. The van der Waals surface area contributed by atoms with E-state index in [0.29, 0.717) is 0 Å². The van der Waals surface area contributed by atoms with E-state index < -0.39 is 0 Å². The fraction of sp³-hybridized carbons (Fsp3) is 0.500. The molecule has 0 atom stereocenters. The summed E-state index contributed by atoms with van der Waals surface area (Å²) in [5, 5.41) is 3.03. The molecule has 0 heterocycles. The maximum atomic E-state index is 4.04. The monoisotopic (exact) mass is 211 g/mol. The lowest BCUT2D eigenvalue weighted by Crippen LogP contribution is -2.04. The molecule has 0 aromatic heterocycles. The summed E-state index contributed by atoms with van der Waals surface area (Å²) in [4.78, 5) is 0. The molecule has 14 heavy (non-hydrogen) atoms. The Bertz CT molecular complexity index is 218. The van der Waals surface area contributed by atoms with Crippen molar-refractivity contribution in [2.24, 2.45) is 0 Å². The summed E-state index contributed by atoms with van der Waals surface area (Å²) in [5.74, 6) is 1.13. The number of thioether (sulfide) groups is 1. The molecule has 0 aliphatic rings. The predicted molar refractivity (Wildman–Crippen MR) is 68.7 cm³/mol. The lowest BCUT2D eigenvalue weighted by Gasteiger charge is -2.09. The topological polar surface area (TPSA) is 12.0 Å². The molecular weight excluding hydrogens is 190 g/mol. The van der Waals surface area contributed by atoms with Gasteiger partial charge in [0.25, 0.3) is 0 Å². The minimum Gasteiger partial charge on any atom is -0.392 e. The Hall–Kier alpha value is -0.630. The van der Waals surface area contributed by atoms with E-state index >= 15 is 0 Å². The SMILES string of the molecule is C=C(CCC(=C)C(=C)CCSC)NC. The van der Waals surface area contributed by atoms with Crippen molar-refractivity contribution in [2.75, 3.05) is 19.1 Å². The van der Waals surface area contributed by atoms with Gasteiger partial charge in [0.2, 0.25) is 0 Å². The predicted octanol–water partition coefficient (Wildman–Crippen LogP) is 3.37. The minimum absolute atomic E-state index is 0.952. The van der Waals surface area contributed by atoms with E-state index in [-0.39, 0.29) is 0 Å². The minimum atomic E-state index is 0.952. The fourth-order valence-electron chi connectivity index (χ4n) is 1.01. The van der Waals surface area contributed by atoms with Crippen LogP contribution in [0.25, 0.3) is 0 Å². The first-order chi connectivity index (χ1) is 6.61. The van der Waals surface area contributed by atoms with Crippen LogP contribution in [0, 0.1) is 0 Å².